The number of carboxylic acids is 1. The van der Waals surface area contributed by atoms with Gasteiger partial charge in [0, 0.05) is 0 Å². The Balaban J connectivity index is 2.26. The summed E-state index contributed by atoms with van der Waals surface area (Å²) >= 11 is 0. The van der Waals surface area contributed by atoms with Crippen LogP contribution >= 0.6 is 0 Å². The monoisotopic (exact) mass is 211 g/mol. The van der Waals surface area contributed by atoms with Crippen LogP contribution < -0.4 is 0 Å². The van der Waals surface area contributed by atoms with Crippen molar-refractivity contribution in [2.24, 2.45) is 5.92 Å². The standard InChI is InChI=1S/C12H21NO2/c1-2-10-6-5-7-12(10,11(14)15)13-8-3-4-9-13/h10H,2-9H2,1H3,(H,14,15). The lowest BCUT2D eigenvalue weighted by atomic mass is 9.83. The molecule has 0 radical (unpaired) electrons. The topological polar surface area (TPSA) is 40.5 Å². The summed E-state index contributed by atoms with van der Waals surface area (Å²) in [5, 5.41) is 9.58. The molecule has 2 rings (SSSR count). The number of hydrogen-bond acceptors (Lipinski definition) is 2. The minimum Gasteiger partial charge on any atom is -0.480 e. The molecule has 1 aliphatic carbocycles. The molecule has 2 atom stereocenters. The summed E-state index contributed by atoms with van der Waals surface area (Å²) in [5.74, 6) is -0.207. The van der Waals surface area contributed by atoms with E-state index in [0.29, 0.717) is 5.92 Å². The van der Waals surface area contributed by atoms with Gasteiger partial charge in [-0.25, -0.2) is 0 Å². The van der Waals surface area contributed by atoms with Crippen molar-refractivity contribution < 1.29 is 9.90 Å². The predicted octanol–water partition coefficient (Wildman–Crippen LogP) is 2.12. The van der Waals surface area contributed by atoms with E-state index in [-0.39, 0.29) is 0 Å². The van der Waals surface area contributed by atoms with Crippen LogP contribution in [0.3, 0.4) is 0 Å². The molecule has 1 saturated carbocycles. The third-order valence-electron chi connectivity index (χ3n) is 4.32. The molecule has 1 heterocycles. The van der Waals surface area contributed by atoms with Crippen LogP contribution in [0.25, 0.3) is 0 Å². The zero-order valence-electron chi connectivity index (χ0n) is 9.54. The smallest absolute Gasteiger partial charge is 0.324 e. The highest BCUT2D eigenvalue weighted by Gasteiger charge is 2.52. The average molecular weight is 211 g/mol. The number of hydrogen-bond donors (Lipinski definition) is 1. The van der Waals surface area contributed by atoms with Gasteiger partial charge >= 0.3 is 5.97 Å². The van der Waals surface area contributed by atoms with Gasteiger partial charge in [-0.15, -0.1) is 0 Å². The molecule has 0 aromatic carbocycles. The predicted molar refractivity (Wildman–Crippen MR) is 58.8 cm³/mol. The van der Waals surface area contributed by atoms with Crippen molar-refractivity contribution >= 4 is 5.97 Å². The first-order valence-electron chi connectivity index (χ1n) is 6.20. The molecule has 15 heavy (non-hydrogen) atoms. The minimum atomic E-state index is -0.575. The highest BCUT2D eigenvalue weighted by atomic mass is 16.4. The van der Waals surface area contributed by atoms with Crippen LogP contribution in [0.1, 0.15) is 45.4 Å². The summed E-state index contributed by atoms with van der Waals surface area (Å²) < 4.78 is 0. The van der Waals surface area contributed by atoms with Crippen LogP contribution in [-0.4, -0.2) is 34.6 Å². The summed E-state index contributed by atoms with van der Waals surface area (Å²) in [7, 11) is 0. The highest BCUT2D eigenvalue weighted by Crippen LogP contribution is 2.43. The molecule has 0 aromatic rings. The number of carbonyl (C=O) groups is 1. The van der Waals surface area contributed by atoms with Gasteiger partial charge in [-0.2, -0.15) is 0 Å². The molecule has 2 aliphatic rings. The van der Waals surface area contributed by atoms with E-state index in [1.165, 1.54) is 12.8 Å². The number of carboxylic acid groups (broad SMARTS) is 1. The molecule has 0 spiro atoms. The fraction of sp³-hybridized carbons (Fsp3) is 0.917. The molecule has 1 saturated heterocycles. The number of rotatable bonds is 3. The summed E-state index contributed by atoms with van der Waals surface area (Å²) in [6.45, 7) is 4.11. The maximum Gasteiger partial charge on any atom is 0.324 e. The highest BCUT2D eigenvalue weighted by molar-refractivity contribution is 5.79. The van der Waals surface area contributed by atoms with Crippen LogP contribution in [-0.2, 0) is 4.79 Å². The van der Waals surface area contributed by atoms with Gasteiger partial charge in [0.25, 0.3) is 0 Å². The van der Waals surface area contributed by atoms with Gasteiger partial charge in [0.15, 0.2) is 0 Å². The largest absolute Gasteiger partial charge is 0.480 e. The third kappa shape index (κ3) is 1.57. The molecule has 0 bridgehead atoms. The summed E-state index contributed by atoms with van der Waals surface area (Å²) in [4.78, 5) is 13.9. The van der Waals surface area contributed by atoms with Crippen LogP contribution in [0.15, 0.2) is 0 Å². The summed E-state index contributed by atoms with van der Waals surface area (Å²) in [6, 6.07) is 0. The SMILES string of the molecule is CCC1CCCC1(C(=O)O)N1CCCC1. The van der Waals surface area contributed by atoms with Crippen molar-refractivity contribution in [2.45, 2.75) is 51.0 Å². The normalized spacial score (nSPS) is 37.3. The number of aliphatic carboxylic acids is 1. The Morgan fingerprint density at radius 3 is 2.60 bits per heavy atom. The van der Waals surface area contributed by atoms with Gasteiger partial charge in [-0.1, -0.05) is 19.8 Å². The molecular formula is C12H21NO2. The van der Waals surface area contributed by atoms with E-state index >= 15 is 0 Å². The van der Waals surface area contributed by atoms with Gasteiger partial charge in [0.2, 0.25) is 0 Å². The second kappa shape index (κ2) is 4.12. The average Bonchev–Trinajstić information content (AvgIpc) is 2.86. The van der Waals surface area contributed by atoms with Crippen LogP contribution in [0.5, 0.6) is 0 Å². The van der Waals surface area contributed by atoms with E-state index in [9.17, 15) is 9.90 Å². The lowest BCUT2D eigenvalue weighted by Crippen LogP contribution is -2.55. The van der Waals surface area contributed by atoms with E-state index in [1.54, 1.807) is 0 Å². The van der Waals surface area contributed by atoms with Crippen molar-refractivity contribution in [1.29, 1.82) is 0 Å². The lowest BCUT2D eigenvalue weighted by Gasteiger charge is -2.39. The van der Waals surface area contributed by atoms with E-state index < -0.39 is 11.5 Å². The fourth-order valence-electron chi connectivity index (χ4n) is 3.55. The quantitative estimate of drug-likeness (QED) is 0.777. The lowest BCUT2D eigenvalue weighted by molar-refractivity contribution is -0.154. The maximum atomic E-state index is 11.6. The summed E-state index contributed by atoms with van der Waals surface area (Å²) in [6.07, 6.45) is 6.39. The first-order valence-corrected chi connectivity index (χ1v) is 6.20. The maximum absolute atomic E-state index is 11.6. The zero-order valence-corrected chi connectivity index (χ0v) is 9.54. The van der Waals surface area contributed by atoms with Gasteiger partial charge in [0.1, 0.15) is 5.54 Å². The van der Waals surface area contributed by atoms with E-state index in [2.05, 4.69) is 11.8 Å². The first-order chi connectivity index (χ1) is 7.21. The molecule has 1 aliphatic heterocycles. The summed E-state index contributed by atoms with van der Waals surface area (Å²) in [5.41, 5.74) is -0.509. The van der Waals surface area contributed by atoms with Gasteiger partial charge < -0.3 is 5.11 Å². The second-order valence-electron chi connectivity index (χ2n) is 4.92. The molecule has 1 N–H and O–H groups in total. The van der Waals surface area contributed by atoms with E-state index in [0.717, 1.165) is 38.8 Å². The van der Waals surface area contributed by atoms with Crippen molar-refractivity contribution in [3.63, 3.8) is 0 Å². The van der Waals surface area contributed by atoms with Crippen LogP contribution in [0.2, 0.25) is 0 Å². The first kappa shape index (κ1) is 10.9. The number of nitrogens with zero attached hydrogens (tertiary/aromatic N) is 1. The molecule has 0 amide bonds. The molecular weight excluding hydrogens is 190 g/mol. The van der Waals surface area contributed by atoms with Crippen LogP contribution in [0.4, 0.5) is 0 Å². The van der Waals surface area contributed by atoms with Gasteiger partial charge in [0.05, 0.1) is 0 Å². The van der Waals surface area contributed by atoms with E-state index in [1.807, 2.05) is 0 Å². The molecule has 2 unspecified atom stereocenters. The molecule has 0 aromatic heterocycles. The van der Waals surface area contributed by atoms with Crippen molar-refractivity contribution in [2.75, 3.05) is 13.1 Å². The zero-order chi connectivity index (χ0) is 10.9. The van der Waals surface area contributed by atoms with E-state index in [4.69, 9.17) is 0 Å². The van der Waals surface area contributed by atoms with Gasteiger partial charge in [-0.3, -0.25) is 9.69 Å². The Morgan fingerprint density at radius 1 is 1.40 bits per heavy atom. The molecule has 2 fully saturated rings. The Labute approximate surface area is 91.5 Å². The third-order valence-corrected chi connectivity index (χ3v) is 4.32. The van der Waals surface area contributed by atoms with Crippen molar-refractivity contribution in [3.05, 3.63) is 0 Å². The molecule has 3 heteroatoms. The van der Waals surface area contributed by atoms with Crippen molar-refractivity contribution in [3.8, 4) is 0 Å². The van der Waals surface area contributed by atoms with Gasteiger partial charge in [-0.05, 0) is 44.7 Å². The Bertz CT molecular complexity index is 248. The van der Waals surface area contributed by atoms with Crippen LogP contribution in [0, 0.1) is 5.92 Å². The Hall–Kier alpha value is -0.570. The minimum absolute atomic E-state index is 0.369. The molecule has 3 nitrogen and oxygen atoms in total. The second-order valence-corrected chi connectivity index (χ2v) is 4.92. The Kier molecular flexibility index (Phi) is 3.01. The molecule has 86 valence electrons. The number of likely N-dealkylation sites (tertiary alicyclic amines) is 1. The Morgan fingerprint density at radius 2 is 2.07 bits per heavy atom. The fourth-order valence-corrected chi connectivity index (χ4v) is 3.55. The van der Waals surface area contributed by atoms with Crippen molar-refractivity contribution in [1.82, 2.24) is 4.90 Å².